The first kappa shape index (κ1) is 21.8. The fraction of sp³-hybridized carbons (Fsp3) is 0.417. The van der Waals surface area contributed by atoms with Crippen molar-refractivity contribution in [2.75, 3.05) is 5.32 Å². The van der Waals surface area contributed by atoms with Crippen LogP contribution in [0.2, 0.25) is 0 Å². The van der Waals surface area contributed by atoms with Gasteiger partial charge in [0.25, 0.3) is 0 Å². The lowest BCUT2D eigenvalue weighted by Gasteiger charge is -2.28. The minimum absolute atomic E-state index is 0.247. The van der Waals surface area contributed by atoms with Crippen LogP contribution >= 0.6 is 0 Å². The Morgan fingerprint density at radius 1 is 1.09 bits per heavy atom. The number of amides is 1. The van der Waals surface area contributed by atoms with E-state index in [4.69, 9.17) is 0 Å². The average molecular weight is 466 g/mol. The number of hydrogen-bond acceptors (Lipinski definition) is 6. The first-order valence-electron chi connectivity index (χ1n) is 11.3. The van der Waals surface area contributed by atoms with E-state index < -0.39 is 20.5 Å². The summed E-state index contributed by atoms with van der Waals surface area (Å²) in [5.41, 5.74) is 2.83. The molecule has 0 bridgehead atoms. The van der Waals surface area contributed by atoms with Crippen molar-refractivity contribution in [3.8, 4) is 11.4 Å². The van der Waals surface area contributed by atoms with Gasteiger partial charge in [0, 0.05) is 11.3 Å². The Balaban J connectivity index is 1.48. The number of aryl methyl sites for hydroxylation is 2. The van der Waals surface area contributed by atoms with Crippen molar-refractivity contribution in [3.63, 3.8) is 0 Å². The van der Waals surface area contributed by atoms with Crippen LogP contribution in [0.3, 0.4) is 0 Å². The molecule has 33 heavy (non-hydrogen) atoms. The summed E-state index contributed by atoms with van der Waals surface area (Å²) in [5.74, 6) is 0.173. The SMILES string of the molecule is Cc1ccc(C)c(S(=O)(=O)C2(C(=O)Nc3cccc(-c4nnnn4C4CC4)c3)CCCC2)c1. The van der Waals surface area contributed by atoms with Gasteiger partial charge < -0.3 is 5.32 Å². The lowest BCUT2D eigenvalue weighted by molar-refractivity contribution is -0.118. The van der Waals surface area contributed by atoms with Crippen LogP contribution in [0.25, 0.3) is 11.4 Å². The average Bonchev–Trinajstić information content (AvgIpc) is 3.30. The molecule has 0 atom stereocenters. The molecular formula is C24H27N5O3S. The van der Waals surface area contributed by atoms with Crippen molar-refractivity contribution in [3.05, 3.63) is 53.6 Å². The Labute approximate surface area is 193 Å². The minimum atomic E-state index is -3.88. The van der Waals surface area contributed by atoms with E-state index in [1.165, 1.54) is 0 Å². The van der Waals surface area contributed by atoms with E-state index in [0.717, 1.165) is 24.0 Å². The highest BCUT2D eigenvalue weighted by atomic mass is 32.2. The molecule has 172 valence electrons. The summed E-state index contributed by atoms with van der Waals surface area (Å²) >= 11 is 0. The number of carbonyl (C=O) groups is 1. The second-order valence-corrected chi connectivity index (χ2v) is 11.4. The fourth-order valence-electron chi connectivity index (χ4n) is 4.70. The van der Waals surface area contributed by atoms with Crippen molar-refractivity contribution >= 4 is 21.4 Å². The summed E-state index contributed by atoms with van der Waals surface area (Å²) in [6.45, 7) is 3.64. The normalized spacial score (nSPS) is 17.8. The maximum Gasteiger partial charge on any atom is 0.246 e. The fourth-order valence-corrected chi connectivity index (χ4v) is 7.08. The van der Waals surface area contributed by atoms with E-state index in [-0.39, 0.29) is 4.90 Å². The molecule has 1 amide bonds. The lowest BCUT2D eigenvalue weighted by atomic mass is 10.1. The third kappa shape index (κ3) is 3.74. The molecule has 2 fully saturated rings. The second kappa shape index (κ2) is 8.06. The Morgan fingerprint density at radius 3 is 2.58 bits per heavy atom. The second-order valence-electron chi connectivity index (χ2n) is 9.19. The lowest BCUT2D eigenvalue weighted by Crippen LogP contribution is -2.47. The first-order chi connectivity index (χ1) is 15.8. The Bertz CT molecular complexity index is 1320. The van der Waals surface area contributed by atoms with Gasteiger partial charge in [-0.1, -0.05) is 37.1 Å². The van der Waals surface area contributed by atoms with Gasteiger partial charge in [-0.05, 0) is 79.3 Å². The zero-order valence-corrected chi connectivity index (χ0v) is 19.6. The highest BCUT2D eigenvalue weighted by Crippen LogP contribution is 2.43. The van der Waals surface area contributed by atoms with E-state index in [0.29, 0.717) is 48.8 Å². The topological polar surface area (TPSA) is 107 Å². The van der Waals surface area contributed by atoms with E-state index in [2.05, 4.69) is 20.8 Å². The van der Waals surface area contributed by atoms with Gasteiger partial charge in [0.1, 0.15) is 0 Å². The number of benzene rings is 2. The zero-order valence-electron chi connectivity index (χ0n) is 18.8. The number of nitrogens with one attached hydrogen (secondary N) is 1. The summed E-state index contributed by atoms with van der Waals surface area (Å²) in [7, 11) is -3.88. The summed E-state index contributed by atoms with van der Waals surface area (Å²) in [6, 6.07) is 13.0. The Morgan fingerprint density at radius 2 is 1.85 bits per heavy atom. The maximum atomic E-state index is 13.9. The molecule has 0 radical (unpaired) electrons. The summed E-state index contributed by atoms with van der Waals surface area (Å²) < 4.78 is 28.0. The Hall–Kier alpha value is -3.07. The quantitative estimate of drug-likeness (QED) is 0.589. The van der Waals surface area contributed by atoms with E-state index in [9.17, 15) is 13.2 Å². The zero-order chi connectivity index (χ0) is 23.2. The number of tetrazole rings is 1. The number of hydrogen-bond donors (Lipinski definition) is 1. The summed E-state index contributed by atoms with van der Waals surface area (Å²) in [6.07, 6.45) is 4.13. The van der Waals surface area contributed by atoms with Gasteiger partial charge in [-0.2, -0.15) is 0 Å². The van der Waals surface area contributed by atoms with Crippen LogP contribution < -0.4 is 5.32 Å². The molecule has 0 unspecified atom stereocenters. The molecule has 9 heteroatoms. The molecular weight excluding hydrogens is 438 g/mol. The van der Waals surface area contributed by atoms with Crippen LogP contribution in [0.5, 0.6) is 0 Å². The highest BCUT2D eigenvalue weighted by molar-refractivity contribution is 7.93. The van der Waals surface area contributed by atoms with Crippen LogP contribution in [-0.4, -0.2) is 39.3 Å². The number of anilines is 1. The number of nitrogens with zero attached hydrogens (tertiary/aromatic N) is 4. The predicted molar refractivity (Wildman–Crippen MR) is 124 cm³/mol. The molecule has 1 N–H and O–H groups in total. The van der Waals surface area contributed by atoms with Crippen molar-refractivity contribution < 1.29 is 13.2 Å². The molecule has 0 aliphatic heterocycles. The number of sulfone groups is 1. The van der Waals surface area contributed by atoms with Gasteiger partial charge in [0.2, 0.25) is 5.91 Å². The van der Waals surface area contributed by atoms with Crippen LogP contribution in [0.15, 0.2) is 47.4 Å². The molecule has 2 aliphatic carbocycles. The van der Waals surface area contributed by atoms with E-state index in [1.807, 2.05) is 29.8 Å². The molecule has 3 aromatic rings. The molecule has 5 rings (SSSR count). The molecule has 2 saturated carbocycles. The standard InChI is InChI=1S/C24H27N5O3S/c1-16-8-9-17(2)21(14-16)33(31,32)24(12-3-4-13-24)23(30)25-19-7-5-6-18(15-19)22-26-27-28-29(22)20-10-11-20/h5-9,14-15,20H,3-4,10-13H2,1-2H3,(H,25,30). The molecule has 1 heterocycles. The minimum Gasteiger partial charge on any atom is -0.325 e. The van der Waals surface area contributed by atoms with Gasteiger partial charge in [0.05, 0.1) is 10.9 Å². The molecule has 8 nitrogen and oxygen atoms in total. The monoisotopic (exact) mass is 465 g/mol. The smallest absolute Gasteiger partial charge is 0.246 e. The maximum absolute atomic E-state index is 13.9. The number of rotatable bonds is 6. The van der Waals surface area contributed by atoms with Gasteiger partial charge in [0.15, 0.2) is 20.4 Å². The van der Waals surface area contributed by atoms with Crippen molar-refractivity contribution in [2.24, 2.45) is 0 Å². The summed E-state index contributed by atoms with van der Waals surface area (Å²) in [4.78, 5) is 13.8. The third-order valence-electron chi connectivity index (χ3n) is 6.74. The summed E-state index contributed by atoms with van der Waals surface area (Å²) in [5, 5.41) is 14.9. The molecule has 2 aromatic carbocycles. The molecule has 1 aromatic heterocycles. The van der Waals surface area contributed by atoms with E-state index in [1.54, 1.807) is 31.2 Å². The van der Waals surface area contributed by atoms with Gasteiger partial charge in [-0.15, -0.1) is 5.10 Å². The molecule has 0 spiro atoms. The van der Waals surface area contributed by atoms with Gasteiger partial charge in [-0.25, -0.2) is 13.1 Å². The van der Waals surface area contributed by atoms with Gasteiger partial charge in [-0.3, -0.25) is 4.79 Å². The predicted octanol–water partition coefficient (Wildman–Crippen LogP) is 4.02. The first-order valence-corrected chi connectivity index (χ1v) is 12.8. The van der Waals surface area contributed by atoms with Gasteiger partial charge >= 0.3 is 0 Å². The molecule has 0 saturated heterocycles. The van der Waals surface area contributed by atoms with Crippen LogP contribution in [-0.2, 0) is 14.6 Å². The van der Waals surface area contributed by atoms with Crippen molar-refractivity contribution in [2.45, 2.75) is 68.1 Å². The van der Waals surface area contributed by atoms with Crippen LogP contribution in [0.1, 0.15) is 55.7 Å². The van der Waals surface area contributed by atoms with Crippen LogP contribution in [0, 0.1) is 13.8 Å². The van der Waals surface area contributed by atoms with E-state index >= 15 is 0 Å². The van der Waals surface area contributed by atoms with Crippen molar-refractivity contribution in [1.82, 2.24) is 20.2 Å². The number of aromatic nitrogens is 4. The highest BCUT2D eigenvalue weighted by Gasteiger charge is 2.53. The third-order valence-corrected chi connectivity index (χ3v) is 9.38. The van der Waals surface area contributed by atoms with Crippen molar-refractivity contribution in [1.29, 1.82) is 0 Å². The van der Waals surface area contributed by atoms with Crippen LogP contribution in [0.4, 0.5) is 5.69 Å². The largest absolute Gasteiger partial charge is 0.325 e. The number of carbonyl (C=O) groups excluding carboxylic acids is 1. The molecule has 2 aliphatic rings. The Kier molecular flexibility index (Phi) is 5.31.